The van der Waals surface area contributed by atoms with E-state index in [1.54, 1.807) is 12.1 Å². The molecule has 0 saturated carbocycles. The largest absolute Gasteiger partial charge is 0.493 e. The molecule has 1 N–H and O–H groups in total. The van der Waals surface area contributed by atoms with Gasteiger partial charge in [-0.3, -0.25) is 0 Å². The third kappa shape index (κ3) is 2.49. The van der Waals surface area contributed by atoms with Crippen molar-refractivity contribution in [3.8, 4) is 5.75 Å². The van der Waals surface area contributed by atoms with Crippen LogP contribution in [-0.2, 0) is 0 Å². The molecule has 0 atom stereocenters. The van der Waals surface area contributed by atoms with Crippen LogP contribution < -0.4 is 4.74 Å². The highest BCUT2D eigenvalue weighted by Gasteiger charge is 2.16. The van der Waals surface area contributed by atoms with Gasteiger partial charge in [-0.25, -0.2) is 4.79 Å². The molecule has 3 heteroatoms. The third-order valence-electron chi connectivity index (χ3n) is 2.19. The first-order chi connectivity index (χ1) is 7.07. The van der Waals surface area contributed by atoms with Crippen LogP contribution in [0.1, 0.15) is 42.6 Å². The van der Waals surface area contributed by atoms with Crippen LogP contribution in [0.2, 0.25) is 0 Å². The van der Waals surface area contributed by atoms with Crippen LogP contribution in [0.15, 0.2) is 18.2 Å². The lowest BCUT2D eigenvalue weighted by molar-refractivity contribution is 0.0692. The normalized spacial score (nSPS) is 10.4. The van der Waals surface area contributed by atoms with E-state index in [2.05, 4.69) is 0 Å². The maximum absolute atomic E-state index is 11.0. The number of ether oxygens (including phenoxy) is 1. The van der Waals surface area contributed by atoms with Gasteiger partial charge in [0.1, 0.15) is 11.3 Å². The molecule has 1 rings (SSSR count). The smallest absolute Gasteiger partial charge is 0.339 e. The minimum absolute atomic E-state index is 0.239. The molecule has 82 valence electrons. The third-order valence-corrected chi connectivity index (χ3v) is 2.19. The van der Waals surface area contributed by atoms with Crippen molar-refractivity contribution >= 4 is 5.97 Å². The van der Waals surface area contributed by atoms with E-state index in [4.69, 9.17) is 9.84 Å². The lowest BCUT2D eigenvalue weighted by atomic mass is 9.99. The van der Waals surface area contributed by atoms with Crippen molar-refractivity contribution in [2.45, 2.75) is 26.7 Å². The Morgan fingerprint density at radius 1 is 1.47 bits per heavy atom. The predicted octanol–water partition coefficient (Wildman–Crippen LogP) is 2.91. The van der Waals surface area contributed by atoms with E-state index in [1.807, 2.05) is 26.8 Å². The Balaban J connectivity index is 3.28. The van der Waals surface area contributed by atoms with Crippen molar-refractivity contribution in [2.24, 2.45) is 0 Å². The summed E-state index contributed by atoms with van der Waals surface area (Å²) < 4.78 is 5.41. The number of benzene rings is 1. The second-order valence-electron chi connectivity index (χ2n) is 3.62. The highest BCUT2D eigenvalue weighted by Crippen LogP contribution is 2.30. The molecule has 0 saturated heterocycles. The lowest BCUT2D eigenvalue weighted by Gasteiger charge is -2.15. The second-order valence-corrected chi connectivity index (χ2v) is 3.62. The van der Waals surface area contributed by atoms with Crippen molar-refractivity contribution in [1.29, 1.82) is 0 Å². The van der Waals surface area contributed by atoms with Gasteiger partial charge in [-0.2, -0.15) is 0 Å². The van der Waals surface area contributed by atoms with Gasteiger partial charge >= 0.3 is 5.97 Å². The molecule has 0 radical (unpaired) electrons. The van der Waals surface area contributed by atoms with Gasteiger partial charge in [0.05, 0.1) is 6.61 Å². The van der Waals surface area contributed by atoms with Gasteiger partial charge in [-0.15, -0.1) is 0 Å². The number of hydrogen-bond donors (Lipinski definition) is 1. The van der Waals surface area contributed by atoms with Crippen molar-refractivity contribution in [2.75, 3.05) is 6.61 Å². The van der Waals surface area contributed by atoms with E-state index in [0.29, 0.717) is 12.4 Å². The Bertz CT molecular complexity index is 356. The Morgan fingerprint density at radius 2 is 2.13 bits per heavy atom. The molecular formula is C12H16O3. The van der Waals surface area contributed by atoms with Crippen molar-refractivity contribution < 1.29 is 14.6 Å². The SMILES string of the molecule is CCOc1c(C(=O)O)cccc1C(C)C. The molecule has 3 nitrogen and oxygen atoms in total. The minimum atomic E-state index is -0.944. The van der Waals surface area contributed by atoms with Gasteiger partial charge < -0.3 is 9.84 Å². The van der Waals surface area contributed by atoms with Crippen molar-refractivity contribution in [3.63, 3.8) is 0 Å². The Morgan fingerprint density at radius 3 is 2.60 bits per heavy atom. The summed E-state index contributed by atoms with van der Waals surface area (Å²) in [7, 11) is 0. The zero-order valence-corrected chi connectivity index (χ0v) is 9.28. The number of rotatable bonds is 4. The first kappa shape index (κ1) is 11.6. The molecule has 0 aliphatic heterocycles. The Hall–Kier alpha value is -1.51. The fourth-order valence-corrected chi connectivity index (χ4v) is 1.48. The van der Waals surface area contributed by atoms with Gasteiger partial charge in [0, 0.05) is 0 Å². The highest BCUT2D eigenvalue weighted by atomic mass is 16.5. The standard InChI is InChI=1S/C12H16O3/c1-4-15-11-9(8(2)3)6-5-7-10(11)12(13)14/h5-8H,4H2,1-3H3,(H,13,14). The average molecular weight is 208 g/mol. The molecule has 0 aliphatic rings. The van der Waals surface area contributed by atoms with E-state index >= 15 is 0 Å². The summed E-state index contributed by atoms with van der Waals surface area (Å²) in [6, 6.07) is 5.22. The van der Waals surface area contributed by atoms with Crippen LogP contribution >= 0.6 is 0 Å². The first-order valence-corrected chi connectivity index (χ1v) is 5.07. The quantitative estimate of drug-likeness (QED) is 0.827. The van der Waals surface area contributed by atoms with E-state index in [-0.39, 0.29) is 11.5 Å². The number of para-hydroxylation sites is 1. The Kier molecular flexibility index (Phi) is 3.72. The van der Waals surface area contributed by atoms with Crippen LogP contribution in [-0.4, -0.2) is 17.7 Å². The topological polar surface area (TPSA) is 46.5 Å². The van der Waals surface area contributed by atoms with Crippen LogP contribution in [0, 0.1) is 0 Å². The van der Waals surface area contributed by atoms with Gasteiger partial charge in [0.15, 0.2) is 0 Å². The highest BCUT2D eigenvalue weighted by molar-refractivity contribution is 5.91. The first-order valence-electron chi connectivity index (χ1n) is 5.07. The molecular weight excluding hydrogens is 192 g/mol. The van der Waals surface area contributed by atoms with E-state index < -0.39 is 5.97 Å². The van der Waals surface area contributed by atoms with Gasteiger partial charge in [-0.05, 0) is 24.5 Å². The number of aromatic carboxylic acids is 1. The maximum atomic E-state index is 11.0. The van der Waals surface area contributed by atoms with Crippen LogP contribution in [0.4, 0.5) is 0 Å². The minimum Gasteiger partial charge on any atom is -0.493 e. The lowest BCUT2D eigenvalue weighted by Crippen LogP contribution is -2.06. The van der Waals surface area contributed by atoms with Gasteiger partial charge in [-0.1, -0.05) is 26.0 Å². The molecule has 0 aromatic heterocycles. The molecule has 0 unspecified atom stereocenters. The monoisotopic (exact) mass is 208 g/mol. The van der Waals surface area contributed by atoms with Crippen LogP contribution in [0.5, 0.6) is 5.75 Å². The Labute approximate surface area is 89.7 Å². The summed E-state index contributed by atoms with van der Waals surface area (Å²) in [4.78, 5) is 11.0. The molecule has 1 aromatic carbocycles. The van der Waals surface area contributed by atoms with Crippen LogP contribution in [0.25, 0.3) is 0 Å². The summed E-state index contributed by atoms with van der Waals surface area (Å²) in [5.74, 6) is -0.186. The molecule has 1 aromatic rings. The fourth-order valence-electron chi connectivity index (χ4n) is 1.48. The zero-order valence-electron chi connectivity index (χ0n) is 9.28. The molecule has 0 aliphatic carbocycles. The van der Waals surface area contributed by atoms with E-state index in [9.17, 15) is 4.79 Å². The summed E-state index contributed by atoms with van der Waals surface area (Å²) in [6.07, 6.45) is 0. The van der Waals surface area contributed by atoms with Crippen molar-refractivity contribution in [1.82, 2.24) is 0 Å². The predicted molar refractivity (Wildman–Crippen MR) is 58.7 cm³/mol. The number of hydrogen-bond acceptors (Lipinski definition) is 2. The molecule has 0 amide bonds. The molecule has 0 fully saturated rings. The summed E-state index contributed by atoms with van der Waals surface area (Å²) in [6.45, 7) is 6.36. The molecule has 15 heavy (non-hydrogen) atoms. The van der Waals surface area contributed by atoms with Gasteiger partial charge in [0.2, 0.25) is 0 Å². The zero-order chi connectivity index (χ0) is 11.4. The number of carbonyl (C=O) groups is 1. The summed E-state index contributed by atoms with van der Waals surface area (Å²) in [5.41, 5.74) is 1.18. The molecule has 0 bridgehead atoms. The second kappa shape index (κ2) is 4.82. The summed E-state index contributed by atoms with van der Waals surface area (Å²) in [5, 5.41) is 9.02. The van der Waals surface area contributed by atoms with E-state index in [0.717, 1.165) is 5.56 Å². The summed E-state index contributed by atoms with van der Waals surface area (Å²) >= 11 is 0. The average Bonchev–Trinajstić information content (AvgIpc) is 2.17. The number of carboxylic acid groups (broad SMARTS) is 1. The number of carboxylic acids is 1. The molecule has 0 spiro atoms. The molecule has 0 heterocycles. The van der Waals surface area contributed by atoms with Crippen molar-refractivity contribution in [3.05, 3.63) is 29.3 Å². The maximum Gasteiger partial charge on any atom is 0.339 e. The van der Waals surface area contributed by atoms with E-state index in [1.165, 1.54) is 0 Å². The van der Waals surface area contributed by atoms with Gasteiger partial charge in [0.25, 0.3) is 0 Å². The fraction of sp³-hybridized carbons (Fsp3) is 0.417. The van der Waals surface area contributed by atoms with Crippen LogP contribution in [0.3, 0.4) is 0 Å².